The fourth-order valence-corrected chi connectivity index (χ4v) is 4.33. The summed E-state index contributed by atoms with van der Waals surface area (Å²) in [4.78, 5) is 29.1. The molecule has 0 saturated carbocycles. The van der Waals surface area contributed by atoms with Crippen LogP contribution in [0.15, 0.2) is 30.5 Å². The second-order valence-corrected chi connectivity index (χ2v) is 8.53. The Morgan fingerprint density at radius 1 is 1.34 bits per heavy atom. The molecule has 3 heterocycles. The molecular formula is C20H19ClFN5OS. The minimum absolute atomic E-state index is 0.0215. The number of benzene rings is 1. The summed E-state index contributed by atoms with van der Waals surface area (Å²) in [5.74, 6) is 0.139. The average molecular weight is 432 g/mol. The van der Waals surface area contributed by atoms with Gasteiger partial charge in [-0.2, -0.15) is 0 Å². The van der Waals surface area contributed by atoms with Crippen LogP contribution in [-0.4, -0.2) is 32.3 Å². The molecule has 3 aromatic rings. The Morgan fingerprint density at radius 3 is 2.93 bits per heavy atom. The number of amides is 1. The molecule has 1 amide bonds. The molecule has 0 bridgehead atoms. The van der Waals surface area contributed by atoms with E-state index in [-0.39, 0.29) is 22.5 Å². The molecule has 1 aliphatic heterocycles. The Kier molecular flexibility index (Phi) is 5.47. The van der Waals surface area contributed by atoms with E-state index < -0.39 is 5.82 Å². The van der Waals surface area contributed by atoms with Gasteiger partial charge in [-0.3, -0.25) is 4.79 Å². The minimum Gasteiger partial charge on any atom is -0.330 e. The molecule has 150 valence electrons. The number of halogens is 2. The van der Waals surface area contributed by atoms with Crippen LogP contribution >= 0.6 is 22.9 Å². The predicted octanol–water partition coefficient (Wildman–Crippen LogP) is 5.06. The lowest BCUT2D eigenvalue weighted by Crippen LogP contribution is -2.31. The lowest BCUT2D eigenvalue weighted by molar-refractivity contribution is 0.0728. The van der Waals surface area contributed by atoms with E-state index in [1.165, 1.54) is 23.5 Å². The molecule has 1 aliphatic rings. The van der Waals surface area contributed by atoms with Gasteiger partial charge in [-0.05, 0) is 38.8 Å². The second-order valence-electron chi connectivity index (χ2n) is 6.88. The standard InChI is InChI=1S/C20H19ClFN5OS/c1-11-10-23-20(29-11)26-17-9-15(24-12(2)25-17)16-7-4-8-27(16)19(28)13-5-3-6-14(21)18(13)22/h3,5-6,9-10,16H,4,7-8H2,1-2H3,(H,23,24,25,26). The van der Waals surface area contributed by atoms with Crippen molar-refractivity contribution in [2.45, 2.75) is 32.7 Å². The van der Waals surface area contributed by atoms with Crippen LogP contribution in [0.1, 0.15) is 45.6 Å². The number of aromatic nitrogens is 3. The SMILES string of the molecule is Cc1nc(Nc2ncc(C)s2)cc(C2CCCN2C(=O)c2cccc(Cl)c2F)n1. The van der Waals surface area contributed by atoms with Gasteiger partial charge in [0, 0.05) is 23.7 Å². The van der Waals surface area contributed by atoms with Gasteiger partial charge in [0.2, 0.25) is 0 Å². The van der Waals surface area contributed by atoms with Crippen LogP contribution in [0.5, 0.6) is 0 Å². The summed E-state index contributed by atoms with van der Waals surface area (Å²) >= 11 is 7.39. The number of nitrogens with one attached hydrogen (secondary N) is 1. The smallest absolute Gasteiger partial charge is 0.257 e. The highest BCUT2D eigenvalue weighted by atomic mass is 35.5. The van der Waals surface area contributed by atoms with Crippen LogP contribution < -0.4 is 5.32 Å². The number of thiazole rings is 1. The Morgan fingerprint density at radius 2 is 2.17 bits per heavy atom. The zero-order valence-corrected chi connectivity index (χ0v) is 17.5. The first-order chi connectivity index (χ1) is 13.9. The Labute approximate surface area is 176 Å². The third-order valence-electron chi connectivity index (χ3n) is 4.75. The molecule has 1 atom stereocenters. The number of aryl methyl sites for hydroxylation is 2. The lowest BCUT2D eigenvalue weighted by Gasteiger charge is -2.25. The van der Waals surface area contributed by atoms with Crippen molar-refractivity contribution in [3.05, 3.63) is 63.3 Å². The number of nitrogens with zero attached hydrogens (tertiary/aromatic N) is 4. The number of anilines is 2. The molecule has 0 spiro atoms. The minimum atomic E-state index is -0.690. The van der Waals surface area contributed by atoms with Gasteiger partial charge in [0.25, 0.3) is 5.91 Å². The molecule has 4 rings (SSSR count). The fourth-order valence-electron chi connectivity index (χ4n) is 3.49. The number of hydrogen-bond acceptors (Lipinski definition) is 6. The highest BCUT2D eigenvalue weighted by molar-refractivity contribution is 7.15. The molecular weight excluding hydrogens is 413 g/mol. The maximum absolute atomic E-state index is 14.4. The fraction of sp³-hybridized carbons (Fsp3) is 0.300. The molecule has 1 N–H and O–H groups in total. The quantitative estimate of drug-likeness (QED) is 0.624. The van der Waals surface area contributed by atoms with Gasteiger partial charge in [-0.25, -0.2) is 19.3 Å². The van der Waals surface area contributed by atoms with E-state index in [1.807, 2.05) is 13.0 Å². The molecule has 9 heteroatoms. The van der Waals surface area contributed by atoms with E-state index in [0.717, 1.165) is 28.5 Å². The van der Waals surface area contributed by atoms with E-state index in [0.29, 0.717) is 18.2 Å². The summed E-state index contributed by atoms with van der Waals surface area (Å²) in [6, 6.07) is 6.05. The van der Waals surface area contributed by atoms with Gasteiger partial charge in [-0.1, -0.05) is 17.7 Å². The van der Waals surface area contributed by atoms with Crippen LogP contribution in [0.4, 0.5) is 15.3 Å². The molecule has 6 nitrogen and oxygen atoms in total. The Hall–Kier alpha value is -2.58. The lowest BCUT2D eigenvalue weighted by atomic mass is 10.1. The zero-order valence-electron chi connectivity index (χ0n) is 15.9. The Bertz CT molecular complexity index is 1070. The number of rotatable bonds is 4. The topological polar surface area (TPSA) is 71.0 Å². The first-order valence-electron chi connectivity index (χ1n) is 9.22. The molecule has 1 unspecified atom stereocenters. The summed E-state index contributed by atoms with van der Waals surface area (Å²) < 4.78 is 14.4. The van der Waals surface area contributed by atoms with Crippen molar-refractivity contribution >= 4 is 39.8 Å². The van der Waals surface area contributed by atoms with Gasteiger partial charge >= 0.3 is 0 Å². The highest BCUT2D eigenvalue weighted by Gasteiger charge is 2.33. The maximum Gasteiger partial charge on any atom is 0.257 e. The van der Waals surface area contributed by atoms with Gasteiger partial charge in [0.1, 0.15) is 11.6 Å². The summed E-state index contributed by atoms with van der Waals surface area (Å²) in [5.41, 5.74) is 0.702. The third-order valence-corrected chi connectivity index (χ3v) is 5.87. The summed E-state index contributed by atoms with van der Waals surface area (Å²) in [7, 11) is 0. The van der Waals surface area contributed by atoms with E-state index in [2.05, 4.69) is 20.3 Å². The molecule has 1 saturated heterocycles. The Balaban J connectivity index is 1.63. The number of likely N-dealkylation sites (tertiary alicyclic amines) is 1. The van der Waals surface area contributed by atoms with Crippen LogP contribution in [-0.2, 0) is 0 Å². The van der Waals surface area contributed by atoms with Crippen molar-refractivity contribution in [1.82, 2.24) is 19.9 Å². The van der Waals surface area contributed by atoms with E-state index in [4.69, 9.17) is 11.6 Å². The normalized spacial score (nSPS) is 16.3. The van der Waals surface area contributed by atoms with Gasteiger partial charge in [-0.15, -0.1) is 11.3 Å². The van der Waals surface area contributed by atoms with Crippen LogP contribution in [0, 0.1) is 19.7 Å². The van der Waals surface area contributed by atoms with Crippen molar-refractivity contribution in [3.63, 3.8) is 0 Å². The highest BCUT2D eigenvalue weighted by Crippen LogP contribution is 2.34. The van der Waals surface area contributed by atoms with Crippen molar-refractivity contribution in [2.24, 2.45) is 0 Å². The van der Waals surface area contributed by atoms with Gasteiger partial charge in [0.15, 0.2) is 10.9 Å². The molecule has 2 aromatic heterocycles. The summed E-state index contributed by atoms with van der Waals surface area (Å²) in [6.45, 7) is 4.32. The maximum atomic E-state index is 14.4. The van der Waals surface area contributed by atoms with Crippen LogP contribution in [0.3, 0.4) is 0 Å². The van der Waals surface area contributed by atoms with E-state index in [1.54, 1.807) is 24.1 Å². The number of hydrogen-bond donors (Lipinski definition) is 1. The van der Waals surface area contributed by atoms with Crippen molar-refractivity contribution in [1.29, 1.82) is 0 Å². The molecule has 1 fully saturated rings. The molecule has 0 radical (unpaired) electrons. The zero-order chi connectivity index (χ0) is 20.5. The van der Waals surface area contributed by atoms with Gasteiger partial charge < -0.3 is 10.2 Å². The van der Waals surface area contributed by atoms with E-state index in [9.17, 15) is 9.18 Å². The second kappa shape index (κ2) is 8.04. The van der Waals surface area contributed by atoms with Crippen molar-refractivity contribution < 1.29 is 9.18 Å². The molecule has 1 aromatic carbocycles. The van der Waals surface area contributed by atoms with Crippen LogP contribution in [0.25, 0.3) is 0 Å². The third kappa shape index (κ3) is 4.09. The largest absolute Gasteiger partial charge is 0.330 e. The van der Waals surface area contributed by atoms with E-state index >= 15 is 0 Å². The van der Waals surface area contributed by atoms with Gasteiger partial charge in [0.05, 0.1) is 22.3 Å². The average Bonchev–Trinajstić information content (AvgIpc) is 3.32. The first kappa shape index (κ1) is 19.7. The summed E-state index contributed by atoms with van der Waals surface area (Å²) in [5, 5.41) is 3.88. The molecule has 0 aliphatic carbocycles. The van der Waals surface area contributed by atoms with Crippen molar-refractivity contribution in [3.8, 4) is 0 Å². The predicted molar refractivity (Wildman–Crippen MR) is 111 cm³/mol. The first-order valence-corrected chi connectivity index (χ1v) is 10.4. The van der Waals surface area contributed by atoms with Crippen LogP contribution in [0.2, 0.25) is 5.02 Å². The summed E-state index contributed by atoms with van der Waals surface area (Å²) in [6.07, 6.45) is 3.36. The number of carbonyl (C=O) groups is 1. The molecule has 29 heavy (non-hydrogen) atoms. The monoisotopic (exact) mass is 431 g/mol. The number of carbonyl (C=O) groups excluding carboxylic acids is 1. The van der Waals surface area contributed by atoms with Crippen molar-refractivity contribution in [2.75, 3.05) is 11.9 Å².